The maximum Gasteiger partial charge on any atom is 0.0780 e. The van der Waals surface area contributed by atoms with Crippen molar-refractivity contribution >= 4 is 23.2 Å². The molecule has 0 aromatic rings. The minimum atomic E-state index is 0.557. The number of unbranched alkanes of at least 4 members (excludes halogenated alkanes) is 13. The van der Waals surface area contributed by atoms with Crippen LogP contribution in [-0.2, 0) is 0 Å². The highest BCUT2D eigenvalue weighted by atomic mass is 35.5. The third kappa shape index (κ3) is 30.4. The molecule has 3 heteroatoms. The molecule has 0 heterocycles. The number of hydrogen-bond acceptors (Lipinski definition) is 0. The molecule has 0 spiro atoms. The second-order valence-electron chi connectivity index (χ2n) is 7.99. The molecule has 0 unspecified atom stereocenters. The van der Waals surface area contributed by atoms with Crippen LogP contribution in [0.4, 0.5) is 0 Å². The van der Waals surface area contributed by atoms with Crippen molar-refractivity contribution in [3.05, 3.63) is 0 Å². The second-order valence-corrected chi connectivity index (χ2v) is 8.74. The number of alkyl halides is 2. The van der Waals surface area contributed by atoms with E-state index >= 15 is 0 Å². The summed E-state index contributed by atoms with van der Waals surface area (Å²) in [6.45, 7) is 3.63. The van der Waals surface area contributed by atoms with Crippen molar-refractivity contribution in [2.24, 2.45) is 0 Å². The van der Waals surface area contributed by atoms with E-state index in [1.165, 1.54) is 96.4 Å². The van der Waals surface area contributed by atoms with Gasteiger partial charge in [-0.3, -0.25) is 0 Å². The van der Waals surface area contributed by atoms with Crippen molar-refractivity contribution in [1.29, 1.82) is 0 Å². The standard InChI is InChI=1S/C19H42N.C2H4Cl2/c1-5-6-7-8-9-10-11-12-13-14-15-16-17-18-19-20(2,3)4;3-1-2-4/h5-19H2,1-4H3;1-2H2/q+1;. The van der Waals surface area contributed by atoms with Crippen LogP contribution in [0.25, 0.3) is 0 Å². The third-order valence-corrected chi connectivity index (χ3v) is 4.83. The van der Waals surface area contributed by atoms with Crippen LogP contribution in [0, 0.1) is 0 Å². The van der Waals surface area contributed by atoms with Gasteiger partial charge in [-0.25, -0.2) is 0 Å². The minimum Gasteiger partial charge on any atom is -0.331 e. The fourth-order valence-electron chi connectivity index (χ4n) is 2.78. The molecule has 0 aromatic heterocycles. The highest BCUT2D eigenvalue weighted by Crippen LogP contribution is 2.13. The normalized spacial score (nSPS) is 11.2. The Labute approximate surface area is 164 Å². The summed E-state index contributed by atoms with van der Waals surface area (Å²) in [5, 5.41) is 0. The lowest BCUT2D eigenvalue weighted by atomic mass is 10.0. The molecule has 148 valence electrons. The monoisotopic (exact) mass is 382 g/mol. The van der Waals surface area contributed by atoms with Crippen molar-refractivity contribution in [1.82, 2.24) is 0 Å². The summed E-state index contributed by atoms with van der Waals surface area (Å²) in [6.07, 6.45) is 20.4. The Balaban J connectivity index is 0. The van der Waals surface area contributed by atoms with Crippen LogP contribution < -0.4 is 0 Å². The smallest absolute Gasteiger partial charge is 0.0780 e. The molecule has 0 aliphatic heterocycles. The Morgan fingerprint density at radius 2 is 0.792 bits per heavy atom. The van der Waals surface area contributed by atoms with E-state index in [0.717, 1.165) is 4.48 Å². The summed E-state index contributed by atoms with van der Waals surface area (Å²) < 4.78 is 1.12. The topological polar surface area (TPSA) is 0 Å². The van der Waals surface area contributed by atoms with Gasteiger partial charge in [0.2, 0.25) is 0 Å². The predicted molar refractivity (Wildman–Crippen MR) is 115 cm³/mol. The van der Waals surface area contributed by atoms with Crippen LogP contribution in [0.3, 0.4) is 0 Å². The van der Waals surface area contributed by atoms with Gasteiger partial charge in [-0.2, -0.15) is 0 Å². The van der Waals surface area contributed by atoms with Crippen LogP contribution in [0.2, 0.25) is 0 Å². The van der Waals surface area contributed by atoms with Crippen LogP contribution in [0.1, 0.15) is 96.8 Å². The average molecular weight is 384 g/mol. The molecule has 0 fully saturated rings. The van der Waals surface area contributed by atoms with Gasteiger partial charge in [-0.15, -0.1) is 23.2 Å². The molecule has 0 saturated carbocycles. The van der Waals surface area contributed by atoms with Gasteiger partial charge in [0.05, 0.1) is 27.7 Å². The van der Waals surface area contributed by atoms with Crippen molar-refractivity contribution in [3.63, 3.8) is 0 Å². The predicted octanol–water partition coefficient (Wildman–Crippen LogP) is 7.64. The van der Waals surface area contributed by atoms with Crippen molar-refractivity contribution in [3.8, 4) is 0 Å². The Kier molecular flexibility index (Phi) is 24.1. The first-order valence-electron chi connectivity index (χ1n) is 10.4. The van der Waals surface area contributed by atoms with Gasteiger partial charge >= 0.3 is 0 Å². The van der Waals surface area contributed by atoms with Crippen molar-refractivity contribution in [2.45, 2.75) is 96.8 Å². The lowest BCUT2D eigenvalue weighted by Gasteiger charge is -2.23. The first-order valence-corrected chi connectivity index (χ1v) is 11.5. The summed E-state index contributed by atoms with van der Waals surface area (Å²) >= 11 is 10.1. The van der Waals surface area contributed by atoms with Gasteiger partial charge in [-0.05, 0) is 12.8 Å². The molecule has 0 saturated heterocycles. The molecule has 0 radical (unpaired) electrons. The Morgan fingerprint density at radius 1 is 0.500 bits per heavy atom. The van der Waals surface area contributed by atoms with Crippen LogP contribution in [0.5, 0.6) is 0 Å². The van der Waals surface area contributed by atoms with Crippen LogP contribution in [0.15, 0.2) is 0 Å². The molecule has 0 bridgehead atoms. The Bertz CT molecular complexity index is 212. The molecule has 24 heavy (non-hydrogen) atoms. The van der Waals surface area contributed by atoms with Gasteiger partial charge in [0.1, 0.15) is 0 Å². The highest BCUT2D eigenvalue weighted by Gasteiger charge is 2.04. The third-order valence-electron chi connectivity index (χ3n) is 4.25. The molecular formula is C21H46Cl2N+. The number of halogens is 2. The second kappa shape index (κ2) is 21.6. The molecule has 0 aliphatic carbocycles. The van der Waals surface area contributed by atoms with E-state index in [2.05, 4.69) is 28.1 Å². The number of quaternary nitrogens is 1. The fourth-order valence-corrected chi connectivity index (χ4v) is 2.78. The lowest BCUT2D eigenvalue weighted by molar-refractivity contribution is -0.870. The first kappa shape index (κ1) is 26.8. The van der Waals surface area contributed by atoms with Crippen LogP contribution in [-0.4, -0.2) is 43.9 Å². The lowest BCUT2D eigenvalue weighted by Crippen LogP contribution is -2.35. The zero-order valence-corrected chi connectivity index (χ0v) is 18.7. The summed E-state index contributed by atoms with van der Waals surface area (Å²) in [5.41, 5.74) is 0. The zero-order valence-electron chi connectivity index (χ0n) is 17.2. The van der Waals surface area contributed by atoms with E-state index in [1.54, 1.807) is 0 Å². The number of hydrogen-bond donors (Lipinski definition) is 0. The van der Waals surface area contributed by atoms with E-state index in [1.807, 2.05) is 0 Å². The maximum absolute atomic E-state index is 5.05. The summed E-state index contributed by atoms with van der Waals surface area (Å²) in [4.78, 5) is 0. The van der Waals surface area contributed by atoms with E-state index in [4.69, 9.17) is 23.2 Å². The van der Waals surface area contributed by atoms with Gasteiger partial charge in [0, 0.05) is 11.8 Å². The van der Waals surface area contributed by atoms with Gasteiger partial charge in [0.25, 0.3) is 0 Å². The van der Waals surface area contributed by atoms with Crippen molar-refractivity contribution < 1.29 is 4.48 Å². The molecule has 0 N–H and O–H groups in total. The molecule has 0 rings (SSSR count). The first-order chi connectivity index (χ1) is 11.5. The molecule has 1 nitrogen and oxygen atoms in total. The summed E-state index contributed by atoms with van der Waals surface area (Å²) in [6, 6.07) is 0. The van der Waals surface area contributed by atoms with E-state index in [-0.39, 0.29) is 0 Å². The SMILES string of the molecule is CCCCCCCCCCCCCCCC[N+](C)(C)C.ClCCCl. The minimum absolute atomic E-state index is 0.557. The van der Waals surface area contributed by atoms with E-state index in [9.17, 15) is 0 Å². The Hall–Kier alpha value is 0.540. The fraction of sp³-hybridized carbons (Fsp3) is 1.00. The molecule has 0 amide bonds. The molecule has 0 aliphatic rings. The maximum atomic E-state index is 5.05. The van der Waals surface area contributed by atoms with Gasteiger partial charge in [0.15, 0.2) is 0 Å². The molecular weight excluding hydrogens is 337 g/mol. The largest absolute Gasteiger partial charge is 0.331 e. The average Bonchev–Trinajstić information content (AvgIpc) is 2.54. The van der Waals surface area contributed by atoms with Gasteiger partial charge < -0.3 is 4.48 Å². The molecule has 0 atom stereocenters. The Morgan fingerprint density at radius 3 is 1.04 bits per heavy atom. The van der Waals surface area contributed by atoms with Crippen LogP contribution >= 0.6 is 23.2 Å². The highest BCUT2D eigenvalue weighted by molar-refractivity contribution is 6.25. The van der Waals surface area contributed by atoms with Gasteiger partial charge in [-0.1, -0.05) is 84.0 Å². The van der Waals surface area contributed by atoms with Crippen molar-refractivity contribution in [2.75, 3.05) is 39.4 Å². The summed E-state index contributed by atoms with van der Waals surface area (Å²) in [7, 11) is 6.88. The number of nitrogens with zero attached hydrogens (tertiary/aromatic N) is 1. The van der Waals surface area contributed by atoms with E-state index in [0.29, 0.717) is 11.8 Å². The number of rotatable bonds is 16. The molecule has 0 aromatic carbocycles. The van der Waals surface area contributed by atoms with E-state index < -0.39 is 0 Å². The quantitative estimate of drug-likeness (QED) is 0.146. The summed E-state index contributed by atoms with van der Waals surface area (Å²) in [5.74, 6) is 1.11. The zero-order chi connectivity index (χ0) is 18.5.